The maximum Gasteiger partial charge on any atom is 0.267 e. The van der Waals surface area contributed by atoms with Gasteiger partial charge in [-0.25, -0.2) is 0 Å². The second kappa shape index (κ2) is 9.02. The molecular weight excluding hydrogens is 330 g/mol. The minimum atomic E-state index is -0.445. The molecule has 1 saturated heterocycles. The predicted molar refractivity (Wildman–Crippen MR) is 101 cm³/mol. The first kappa shape index (κ1) is 19.5. The third-order valence-corrected chi connectivity index (χ3v) is 4.43. The molecule has 0 unspecified atom stereocenters. The fourth-order valence-electron chi connectivity index (χ4n) is 2.89. The summed E-state index contributed by atoms with van der Waals surface area (Å²) in [6.07, 6.45) is 3.64. The van der Waals surface area contributed by atoms with E-state index in [0.717, 1.165) is 25.9 Å². The molecule has 1 fully saturated rings. The summed E-state index contributed by atoms with van der Waals surface area (Å²) in [4.78, 5) is 27.6. The van der Waals surface area contributed by atoms with Crippen molar-refractivity contribution in [1.29, 1.82) is 5.26 Å². The van der Waals surface area contributed by atoms with Crippen LogP contribution in [0.25, 0.3) is 0 Å². The fourth-order valence-corrected chi connectivity index (χ4v) is 2.89. The molecule has 2 amide bonds. The minimum Gasteiger partial charge on any atom is -0.376 e. The van der Waals surface area contributed by atoms with E-state index in [0.29, 0.717) is 17.4 Å². The van der Waals surface area contributed by atoms with E-state index < -0.39 is 5.91 Å². The number of anilines is 2. The van der Waals surface area contributed by atoms with Gasteiger partial charge in [0, 0.05) is 37.6 Å². The standard InChI is InChI=1S/C19H25N5O2/c1-14(25)21-16-4-6-17(7-5-16)22-19(26)15(12-20)13-24(3)18-8-10-23(2)11-9-18/h4-7,13,18H,8-11H2,1-3H3,(H,21,25)(H,22,26)/b15-13-. The number of amides is 2. The Balaban J connectivity index is 1.99. The Morgan fingerprint density at radius 3 is 2.23 bits per heavy atom. The number of nitrogens with one attached hydrogen (secondary N) is 2. The van der Waals surface area contributed by atoms with Crippen LogP contribution in [-0.4, -0.2) is 54.8 Å². The van der Waals surface area contributed by atoms with E-state index in [1.807, 2.05) is 18.0 Å². The number of nitriles is 1. The molecule has 1 aliphatic rings. The molecule has 2 N–H and O–H groups in total. The molecule has 1 aliphatic heterocycles. The zero-order valence-electron chi connectivity index (χ0n) is 15.5. The molecular formula is C19H25N5O2. The fraction of sp³-hybridized carbons (Fsp3) is 0.421. The molecule has 7 nitrogen and oxygen atoms in total. The van der Waals surface area contributed by atoms with Gasteiger partial charge in [0.1, 0.15) is 11.6 Å². The first-order chi connectivity index (χ1) is 12.4. The summed E-state index contributed by atoms with van der Waals surface area (Å²) in [5.74, 6) is -0.604. The van der Waals surface area contributed by atoms with Crippen LogP contribution in [0.2, 0.25) is 0 Å². The van der Waals surface area contributed by atoms with E-state index in [1.54, 1.807) is 30.5 Å². The lowest BCUT2D eigenvalue weighted by molar-refractivity contribution is -0.114. The molecule has 138 valence electrons. The minimum absolute atomic E-state index is 0.0670. The molecule has 0 aliphatic carbocycles. The Kier molecular flexibility index (Phi) is 6.75. The number of rotatable bonds is 5. The van der Waals surface area contributed by atoms with Gasteiger partial charge in [0.15, 0.2) is 0 Å². The largest absolute Gasteiger partial charge is 0.376 e. The van der Waals surface area contributed by atoms with Gasteiger partial charge in [-0.2, -0.15) is 5.26 Å². The van der Waals surface area contributed by atoms with Crippen LogP contribution in [0, 0.1) is 11.3 Å². The van der Waals surface area contributed by atoms with Crippen molar-refractivity contribution < 1.29 is 9.59 Å². The summed E-state index contributed by atoms with van der Waals surface area (Å²) in [5.41, 5.74) is 1.28. The van der Waals surface area contributed by atoms with Crippen molar-refractivity contribution in [2.75, 3.05) is 37.8 Å². The number of likely N-dealkylation sites (tertiary alicyclic amines) is 1. The molecule has 1 heterocycles. The molecule has 0 radical (unpaired) electrons. The summed E-state index contributed by atoms with van der Waals surface area (Å²) in [6.45, 7) is 3.45. The zero-order valence-corrected chi connectivity index (χ0v) is 15.5. The van der Waals surface area contributed by atoms with Crippen LogP contribution in [0.3, 0.4) is 0 Å². The van der Waals surface area contributed by atoms with Crippen LogP contribution < -0.4 is 10.6 Å². The third-order valence-electron chi connectivity index (χ3n) is 4.43. The summed E-state index contributed by atoms with van der Waals surface area (Å²) < 4.78 is 0. The van der Waals surface area contributed by atoms with Gasteiger partial charge in [0.2, 0.25) is 5.91 Å². The molecule has 26 heavy (non-hydrogen) atoms. The average molecular weight is 355 g/mol. The van der Waals surface area contributed by atoms with E-state index in [1.165, 1.54) is 6.92 Å². The Labute approximate surface area is 154 Å². The van der Waals surface area contributed by atoms with Crippen LogP contribution in [0.5, 0.6) is 0 Å². The Morgan fingerprint density at radius 1 is 1.19 bits per heavy atom. The lowest BCUT2D eigenvalue weighted by Gasteiger charge is -2.34. The lowest BCUT2D eigenvalue weighted by Crippen LogP contribution is -2.40. The monoisotopic (exact) mass is 355 g/mol. The van der Waals surface area contributed by atoms with Crippen molar-refractivity contribution in [3.8, 4) is 6.07 Å². The third kappa shape index (κ3) is 5.60. The van der Waals surface area contributed by atoms with Crippen molar-refractivity contribution in [2.45, 2.75) is 25.8 Å². The SMILES string of the molecule is CC(=O)Nc1ccc(NC(=O)/C(C#N)=C\N(C)C2CCN(C)CC2)cc1. The highest BCUT2D eigenvalue weighted by Crippen LogP contribution is 2.17. The molecule has 7 heteroatoms. The highest BCUT2D eigenvalue weighted by molar-refractivity contribution is 6.06. The van der Waals surface area contributed by atoms with Crippen LogP contribution in [-0.2, 0) is 9.59 Å². The lowest BCUT2D eigenvalue weighted by atomic mass is 10.0. The van der Waals surface area contributed by atoms with E-state index >= 15 is 0 Å². The number of carbonyl (C=O) groups is 2. The maximum absolute atomic E-state index is 12.4. The van der Waals surface area contributed by atoms with E-state index in [4.69, 9.17) is 0 Å². The molecule has 0 saturated carbocycles. The van der Waals surface area contributed by atoms with Crippen LogP contribution in [0.1, 0.15) is 19.8 Å². The molecule has 0 bridgehead atoms. The molecule has 1 aromatic rings. The molecule has 0 aromatic heterocycles. The van der Waals surface area contributed by atoms with Crippen molar-refractivity contribution in [3.63, 3.8) is 0 Å². The Morgan fingerprint density at radius 2 is 1.73 bits per heavy atom. The van der Waals surface area contributed by atoms with Crippen LogP contribution in [0.4, 0.5) is 11.4 Å². The number of hydrogen-bond donors (Lipinski definition) is 2. The van der Waals surface area contributed by atoms with E-state index in [-0.39, 0.29) is 11.5 Å². The smallest absolute Gasteiger partial charge is 0.267 e. The summed E-state index contributed by atoms with van der Waals surface area (Å²) in [5, 5.41) is 14.7. The predicted octanol–water partition coefficient (Wildman–Crippen LogP) is 2.02. The zero-order chi connectivity index (χ0) is 19.1. The van der Waals surface area contributed by atoms with Gasteiger partial charge in [0.25, 0.3) is 5.91 Å². The first-order valence-electron chi connectivity index (χ1n) is 8.60. The Bertz CT molecular complexity index is 712. The summed E-state index contributed by atoms with van der Waals surface area (Å²) in [7, 11) is 4.00. The van der Waals surface area contributed by atoms with Gasteiger partial charge in [-0.05, 0) is 57.2 Å². The van der Waals surface area contributed by atoms with Gasteiger partial charge < -0.3 is 20.4 Å². The van der Waals surface area contributed by atoms with Gasteiger partial charge in [-0.1, -0.05) is 0 Å². The number of carbonyl (C=O) groups excluding carboxylic acids is 2. The maximum atomic E-state index is 12.4. The number of benzene rings is 1. The quantitative estimate of drug-likeness (QED) is 0.623. The molecule has 1 aromatic carbocycles. The van der Waals surface area contributed by atoms with Crippen LogP contribution >= 0.6 is 0 Å². The van der Waals surface area contributed by atoms with Crippen molar-refractivity contribution in [1.82, 2.24) is 9.80 Å². The highest BCUT2D eigenvalue weighted by Gasteiger charge is 2.20. The van der Waals surface area contributed by atoms with E-state index in [9.17, 15) is 14.9 Å². The summed E-state index contributed by atoms with van der Waals surface area (Å²) >= 11 is 0. The van der Waals surface area contributed by atoms with E-state index in [2.05, 4.69) is 22.6 Å². The van der Waals surface area contributed by atoms with Crippen molar-refractivity contribution >= 4 is 23.2 Å². The molecule has 2 rings (SSSR count). The second-order valence-electron chi connectivity index (χ2n) is 6.57. The Hall–Kier alpha value is -2.85. The number of nitrogens with zero attached hydrogens (tertiary/aromatic N) is 3. The average Bonchev–Trinajstić information content (AvgIpc) is 2.61. The first-order valence-corrected chi connectivity index (χ1v) is 8.60. The van der Waals surface area contributed by atoms with Gasteiger partial charge >= 0.3 is 0 Å². The van der Waals surface area contributed by atoms with Crippen molar-refractivity contribution in [3.05, 3.63) is 36.0 Å². The topological polar surface area (TPSA) is 88.5 Å². The highest BCUT2D eigenvalue weighted by atomic mass is 16.2. The molecule has 0 atom stereocenters. The van der Waals surface area contributed by atoms with Crippen LogP contribution in [0.15, 0.2) is 36.0 Å². The van der Waals surface area contributed by atoms with Gasteiger partial charge in [0.05, 0.1) is 0 Å². The summed E-state index contributed by atoms with van der Waals surface area (Å²) in [6, 6.07) is 9.05. The normalized spacial score (nSPS) is 15.8. The number of piperidine rings is 1. The van der Waals surface area contributed by atoms with Crippen molar-refractivity contribution in [2.24, 2.45) is 0 Å². The van der Waals surface area contributed by atoms with Gasteiger partial charge in [-0.3, -0.25) is 9.59 Å². The molecule has 0 spiro atoms. The van der Waals surface area contributed by atoms with Gasteiger partial charge in [-0.15, -0.1) is 0 Å². The number of hydrogen-bond acceptors (Lipinski definition) is 5. The second-order valence-corrected chi connectivity index (χ2v) is 6.57.